The van der Waals surface area contributed by atoms with Crippen LogP contribution in [-0.4, -0.2) is 11.1 Å². The molecule has 0 spiro atoms. The second-order valence-corrected chi connectivity index (χ2v) is 6.18. The maximum Gasteiger partial charge on any atom is 0.308 e. The highest BCUT2D eigenvalue weighted by Crippen LogP contribution is 2.52. The summed E-state index contributed by atoms with van der Waals surface area (Å²) in [7, 11) is 0. The van der Waals surface area contributed by atoms with Gasteiger partial charge in [0.15, 0.2) is 11.5 Å². The van der Waals surface area contributed by atoms with Crippen LogP contribution in [-0.2, 0) is 4.79 Å². The molecule has 0 aliphatic heterocycles. The Morgan fingerprint density at radius 2 is 2.11 bits per heavy atom. The van der Waals surface area contributed by atoms with E-state index < -0.39 is 5.97 Å². The minimum absolute atomic E-state index is 0.134. The lowest BCUT2D eigenvalue weighted by atomic mass is 9.77. The fourth-order valence-electron chi connectivity index (χ4n) is 3.14. The van der Waals surface area contributed by atoms with E-state index in [-0.39, 0.29) is 11.2 Å². The molecule has 0 aromatic heterocycles. The summed E-state index contributed by atoms with van der Waals surface area (Å²) in [6.45, 7) is 7.65. The number of carbonyl (C=O) groups is 1. The molecule has 1 aromatic carbocycles. The standard InChI is InChI=1S/C16H22O3/c1-10-7-8-12(13-6-5-9-16(13,3)4)14(18)15(10)19-11(2)17/h7-8,13,18H,5-6,9H2,1-4H3. The van der Waals surface area contributed by atoms with Crippen LogP contribution in [0.4, 0.5) is 0 Å². The molecule has 0 heterocycles. The Bertz CT molecular complexity index is 503. The largest absolute Gasteiger partial charge is 0.504 e. The average molecular weight is 262 g/mol. The van der Waals surface area contributed by atoms with Gasteiger partial charge < -0.3 is 9.84 Å². The fraction of sp³-hybridized carbons (Fsp3) is 0.562. The van der Waals surface area contributed by atoms with Crippen LogP contribution < -0.4 is 4.74 Å². The summed E-state index contributed by atoms with van der Waals surface area (Å²) >= 11 is 0. The first-order valence-electron chi connectivity index (χ1n) is 6.84. The van der Waals surface area contributed by atoms with Crippen molar-refractivity contribution >= 4 is 5.97 Å². The van der Waals surface area contributed by atoms with Crippen LogP contribution in [0.15, 0.2) is 12.1 Å². The number of phenols is 1. The first-order valence-corrected chi connectivity index (χ1v) is 6.84. The fourth-order valence-corrected chi connectivity index (χ4v) is 3.14. The Labute approximate surface area is 114 Å². The average Bonchev–Trinajstić information content (AvgIpc) is 2.64. The third-order valence-corrected chi connectivity index (χ3v) is 4.24. The molecule has 1 unspecified atom stereocenters. The van der Waals surface area contributed by atoms with E-state index in [9.17, 15) is 9.90 Å². The molecule has 1 saturated carbocycles. The monoisotopic (exact) mass is 262 g/mol. The smallest absolute Gasteiger partial charge is 0.308 e. The van der Waals surface area contributed by atoms with Crippen molar-refractivity contribution in [1.82, 2.24) is 0 Å². The summed E-state index contributed by atoms with van der Waals surface area (Å²) in [6.07, 6.45) is 3.41. The van der Waals surface area contributed by atoms with Crippen LogP contribution in [0.2, 0.25) is 0 Å². The van der Waals surface area contributed by atoms with E-state index in [4.69, 9.17) is 4.74 Å². The number of hydrogen-bond acceptors (Lipinski definition) is 3. The van der Waals surface area contributed by atoms with Crippen LogP contribution in [0.5, 0.6) is 11.5 Å². The third kappa shape index (κ3) is 2.60. The maximum atomic E-state index is 11.1. The number of aromatic hydroxyl groups is 1. The van der Waals surface area contributed by atoms with Crippen LogP contribution in [0.25, 0.3) is 0 Å². The van der Waals surface area contributed by atoms with Crippen molar-refractivity contribution in [2.24, 2.45) is 5.41 Å². The van der Waals surface area contributed by atoms with E-state index in [0.29, 0.717) is 11.7 Å². The highest BCUT2D eigenvalue weighted by Gasteiger charge is 2.37. The molecule has 0 bridgehead atoms. The van der Waals surface area contributed by atoms with Crippen molar-refractivity contribution < 1.29 is 14.6 Å². The molecule has 3 nitrogen and oxygen atoms in total. The number of ether oxygens (including phenoxy) is 1. The molecular weight excluding hydrogens is 240 g/mol. The molecule has 0 radical (unpaired) electrons. The summed E-state index contributed by atoms with van der Waals surface area (Å²) in [6, 6.07) is 3.89. The first-order chi connectivity index (χ1) is 8.83. The molecule has 2 rings (SSSR count). The van der Waals surface area contributed by atoms with Gasteiger partial charge in [0.2, 0.25) is 0 Å². The van der Waals surface area contributed by atoms with Gasteiger partial charge in [0.05, 0.1) is 0 Å². The van der Waals surface area contributed by atoms with E-state index in [2.05, 4.69) is 13.8 Å². The van der Waals surface area contributed by atoms with Gasteiger partial charge in [-0.05, 0) is 36.7 Å². The van der Waals surface area contributed by atoms with Crippen molar-refractivity contribution in [2.45, 2.75) is 52.9 Å². The summed E-state index contributed by atoms with van der Waals surface area (Å²) in [5.41, 5.74) is 1.87. The summed E-state index contributed by atoms with van der Waals surface area (Å²) < 4.78 is 5.16. The van der Waals surface area contributed by atoms with E-state index in [1.807, 2.05) is 19.1 Å². The predicted octanol–water partition coefficient (Wildman–Crippen LogP) is 3.92. The molecular formula is C16H22O3. The quantitative estimate of drug-likeness (QED) is 0.649. The molecule has 1 aromatic rings. The minimum Gasteiger partial charge on any atom is -0.504 e. The van der Waals surface area contributed by atoms with Gasteiger partial charge in [0.1, 0.15) is 0 Å². The van der Waals surface area contributed by atoms with Crippen molar-refractivity contribution in [2.75, 3.05) is 0 Å². The van der Waals surface area contributed by atoms with Crippen LogP contribution >= 0.6 is 0 Å². The molecule has 3 heteroatoms. The summed E-state index contributed by atoms with van der Waals surface area (Å²) in [5.74, 6) is 0.367. The van der Waals surface area contributed by atoms with Crippen molar-refractivity contribution in [3.8, 4) is 11.5 Å². The molecule has 1 N–H and O–H groups in total. The number of benzene rings is 1. The zero-order valence-electron chi connectivity index (χ0n) is 12.1. The molecule has 1 aliphatic rings. The number of carbonyl (C=O) groups excluding carboxylic acids is 1. The van der Waals surface area contributed by atoms with Gasteiger partial charge in [-0.3, -0.25) is 4.79 Å². The van der Waals surface area contributed by atoms with Gasteiger partial charge >= 0.3 is 5.97 Å². The SMILES string of the molecule is CC(=O)Oc1c(C)ccc(C2CCCC2(C)C)c1O. The van der Waals surface area contributed by atoms with Crippen molar-refractivity contribution in [3.63, 3.8) is 0 Å². The van der Waals surface area contributed by atoms with Gasteiger partial charge in [-0.25, -0.2) is 0 Å². The Hall–Kier alpha value is -1.51. The van der Waals surface area contributed by atoms with Crippen LogP contribution in [0.3, 0.4) is 0 Å². The molecule has 104 valence electrons. The molecule has 1 fully saturated rings. The lowest BCUT2D eigenvalue weighted by molar-refractivity contribution is -0.132. The molecule has 1 aliphatic carbocycles. The number of esters is 1. The minimum atomic E-state index is -0.402. The Kier molecular flexibility index (Phi) is 3.57. The van der Waals surface area contributed by atoms with Gasteiger partial charge in [-0.1, -0.05) is 32.4 Å². The summed E-state index contributed by atoms with van der Waals surface area (Å²) in [5, 5.41) is 10.4. The van der Waals surface area contributed by atoms with E-state index in [1.165, 1.54) is 13.3 Å². The molecule has 1 atom stereocenters. The molecule has 0 saturated heterocycles. The number of hydrogen-bond donors (Lipinski definition) is 1. The number of phenolic OH excluding ortho intramolecular Hbond substituents is 1. The zero-order chi connectivity index (χ0) is 14.2. The van der Waals surface area contributed by atoms with Crippen molar-refractivity contribution in [1.29, 1.82) is 0 Å². The normalized spacial score (nSPS) is 21.4. The van der Waals surface area contributed by atoms with E-state index in [1.54, 1.807) is 0 Å². The highest BCUT2D eigenvalue weighted by atomic mass is 16.5. The highest BCUT2D eigenvalue weighted by molar-refractivity contribution is 5.71. The van der Waals surface area contributed by atoms with Gasteiger partial charge in [-0.15, -0.1) is 0 Å². The summed E-state index contributed by atoms with van der Waals surface area (Å²) in [4.78, 5) is 11.1. The number of aryl methyl sites for hydroxylation is 1. The second-order valence-electron chi connectivity index (χ2n) is 6.18. The molecule has 19 heavy (non-hydrogen) atoms. The molecule has 0 amide bonds. The van der Waals surface area contributed by atoms with Gasteiger partial charge in [-0.2, -0.15) is 0 Å². The van der Waals surface area contributed by atoms with Crippen LogP contribution in [0.1, 0.15) is 57.1 Å². The number of rotatable bonds is 2. The topological polar surface area (TPSA) is 46.5 Å². The zero-order valence-corrected chi connectivity index (χ0v) is 12.1. The van der Waals surface area contributed by atoms with Crippen LogP contribution in [0, 0.1) is 12.3 Å². The van der Waals surface area contributed by atoms with E-state index >= 15 is 0 Å². The van der Waals surface area contributed by atoms with Gasteiger partial charge in [0.25, 0.3) is 0 Å². The predicted molar refractivity (Wildman–Crippen MR) is 74.5 cm³/mol. The Balaban J connectivity index is 2.45. The second kappa shape index (κ2) is 4.87. The van der Waals surface area contributed by atoms with E-state index in [0.717, 1.165) is 24.0 Å². The first kappa shape index (κ1) is 13.9. The lowest BCUT2D eigenvalue weighted by Gasteiger charge is -2.28. The lowest BCUT2D eigenvalue weighted by Crippen LogP contribution is -2.16. The third-order valence-electron chi connectivity index (χ3n) is 4.24. The van der Waals surface area contributed by atoms with Crippen molar-refractivity contribution in [3.05, 3.63) is 23.3 Å². The van der Waals surface area contributed by atoms with Gasteiger partial charge in [0, 0.05) is 12.5 Å². The Morgan fingerprint density at radius 1 is 1.42 bits per heavy atom. The Morgan fingerprint density at radius 3 is 2.63 bits per heavy atom. The maximum absolute atomic E-state index is 11.1.